The molecule has 1 heterocycles. The molecule has 7 heteroatoms. The molecule has 0 spiro atoms. The molecule has 0 aliphatic carbocycles. The summed E-state index contributed by atoms with van der Waals surface area (Å²) >= 11 is 0. The van der Waals surface area contributed by atoms with Crippen LogP contribution in [0.4, 0.5) is 5.69 Å². The van der Waals surface area contributed by atoms with Crippen LogP contribution in [0, 0.1) is 17.0 Å². The molecular formula is C15H13N3O4. The van der Waals surface area contributed by atoms with Crippen LogP contribution in [-0.2, 0) is 0 Å². The summed E-state index contributed by atoms with van der Waals surface area (Å²) in [5.41, 5.74) is 3.20. The highest BCUT2D eigenvalue weighted by Crippen LogP contribution is 2.18. The van der Waals surface area contributed by atoms with Crippen LogP contribution in [0.3, 0.4) is 0 Å². The van der Waals surface area contributed by atoms with E-state index in [2.05, 4.69) is 10.5 Å². The van der Waals surface area contributed by atoms with Gasteiger partial charge in [0.1, 0.15) is 5.76 Å². The average molecular weight is 299 g/mol. The van der Waals surface area contributed by atoms with Crippen molar-refractivity contribution in [3.8, 4) is 0 Å². The highest BCUT2D eigenvalue weighted by atomic mass is 16.6. The molecule has 112 valence electrons. The van der Waals surface area contributed by atoms with E-state index in [1.165, 1.54) is 30.7 Å². The lowest BCUT2D eigenvalue weighted by Gasteiger charge is -1.96. The number of aryl methyl sites for hydroxylation is 1. The van der Waals surface area contributed by atoms with Gasteiger partial charge in [0.25, 0.3) is 11.6 Å². The minimum absolute atomic E-state index is 0.00482. The number of hydrazone groups is 1. The summed E-state index contributed by atoms with van der Waals surface area (Å²) in [6, 6.07) is 7.88. The topological polar surface area (TPSA) is 97.7 Å². The van der Waals surface area contributed by atoms with Crippen molar-refractivity contribution in [3.63, 3.8) is 0 Å². The summed E-state index contributed by atoms with van der Waals surface area (Å²) in [7, 11) is 0. The maximum atomic E-state index is 11.7. The molecule has 0 bridgehead atoms. The number of furan rings is 1. The molecule has 0 aliphatic heterocycles. The number of nitro benzene ring substituents is 1. The fourth-order valence-electron chi connectivity index (χ4n) is 1.76. The largest absolute Gasteiger partial charge is 0.469 e. The number of hydrogen-bond donors (Lipinski definition) is 1. The van der Waals surface area contributed by atoms with Crippen LogP contribution in [0.5, 0.6) is 0 Å². The van der Waals surface area contributed by atoms with Gasteiger partial charge in [-0.15, -0.1) is 0 Å². The molecule has 1 amide bonds. The maximum Gasteiger partial charge on any atom is 0.276 e. The van der Waals surface area contributed by atoms with Gasteiger partial charge in [-0.05, 0) is 31.2 Å². The third kappa shape index (κ3) is 3.66. The predicted molar refractivity (Wildman–Crippen MR) is 81.5 cm³/mol. The van der Waals surface area contributed by atoms with E-state index in [9.17, 15) is 14.9 Å². The Morgan fingerprint density at radius 1 is 1.36 bits per heavy atom. The van der Waals surface area contributed by atoms with Crippen molar-refractivity contribution in [2.24, 2.45) is 5.10 Å². The monoisotopic (exact) mass is 299 g/mol. The molecule has 2 aromatic rings. The van der Waals surface area contributed by atoms with Gasteiger partial charge in [0.15, 0.2) is 0 Å². The van der Waals surface area contributed by atoms with E-state index >= 15 is 0 Å². The summed E-state index contributed by atoms with van der Waals surface area (Å²) < 4.78 is 5.02. The zero-order valence-corrected chi connectivity index (χ0v) is 11.7. The smallest absolute Gasteiger partial charge is 0.276 e. The molecule has 0 fully saturated rings. The molecule has 1 aromatic carbocycles. The number of amides is 1. The van der Waals surface area contributed by atoms with Crippen LogP contribution in [0.1, 0.15) is 21.7 Å². The minimum atomic E-state index is -0.458. The molecule has 7 nitrogen and oxygen atoms in total. The first-order chi connectivity index (χ1) is 10.6. The minimum Gasteiger partial charge on any atom is -0.469 e. The predicted octanol–water partition coefficient (Wildman–Crippen LogP) is 2.93. The molecule has 1 aromatic heterocycles. The third-order valence-electron chi connectivity index (χ3n) is 2.84. The number of carbonyl (C=O) groups excluding carboxylic acids is 1. The Morgan fingerprint density at radius 3 is 2.82 bits per heavy atom. The summed E-state index contributed by atoms with van der Waals surface area (Å²) in [4.78, 5) is 22.1. The van der Waals surface area contributed by atoms with E-state index in [1.54, 1.807) is 31.2 Å². The normalized spacial score (nSPS) is 11.1. The Morgan fingerprint density at radius 2 is 2.14 bits per heavy atom. The Balaban J connectivity index is 1.97. The second kappa shape index (κ2) is 6.98. The van der Waals surface area contributed by atoms with E-state index in [0.29, 0.717) is 16.9 Å². The summed E-state index contributed by atoms with van der Waals surface area (Å²) in [6.45, 7) is 1.67. The van der Waals surface area contributed by atoms with Crippen LogP contribution < -0.4 is 5.43 Å². The number of rotatable bonds is 5. The SMILES string of the molecule is Cc1occc1C(=O)N/N=C\C=C\c1ccccc1[N+](=O)[O-]. The highest BCUT2D eigenvalue weighted by molar-refractivity contribution is 5.95. The van der Waals surface area contributed by atoms with Gasteiger partial charge < -0.3 is 4.42 Å². The van der Waals surface area contributed by atoms with Crippen molar-refractivity contribution in [2.45, 2.75) is 6.92 Å². The van der Waals surface area contributed by atoms with Crippen LogP contribution in [0.15, 0.2) is 52.2 Å². The van der Waals surface area contributed by atoms with Crippen molar-refractivity contribution in [2.75, 3.05) is 0 Å². The Kier molecular flexibility index (Phi) is 4.81. The third-order valence-corrected chi connectivity index (χ3v) is 2.84. The zero-order chi connectivity index (χ0) is 15.9. The first-order valence-corrected chi connectivity index (χ1v) is 6.37. The van der Waals surface area contributed by atoms with Crippen molar-refractivity contribution in [1.29, 1.82) is 0 Å². The first kappa shape index (κ1) is 15.2. The summed E-state index contributed by atoms with van der Waals surface area (Å²) in [5, 5.41) is 14.6. The molecule has 0 unspecified atom stereocenters. The van der Waals surface area contributed by atoms with Crippen LogP contribution in [-0.4, -0.2) is 17.0 Å². The number of carbonyl (C=O) groups is 1. The van der Waals surface area contributed by atoms with Crippen LogP contribution in [0.2, 0.25) is 0 Å². The van der Waals surface area contributed by atoms with E-state index in [4.69, 9.17) is 4.42 Å². The highest BCUT2D eigenvalue weighted by Gasteiger charge is 2.10. The van der Waals surface area contributed by atoms with Gasteiger partial charge in [-0.2, -0.15) is 5.10 Å². The molecular weight excluding hydrogens is 286 g/mol. The lowest BCUT2D eigenvalue weighted by atomic mass is 10.2. The van der Waals surface area contributed by atoms with Gasteiger partial charge in [-0.3, -0.25) is 14.9 Å². The van der Waals surface area contributed by atoms with Gasteiger partial charge in [-0.25, -0.2) is 5.43 Å². The lowest BCUT2D eigenvalue weighted by molar-refractivity contribution is -0.385. The average Bonchev–Trinajstić information content (AvgIpc) is 2.93. The molecule has 0 radical (unpaired) electrons. The second-order valence-corrected chi connectivity index (χ2v) is 4.28. The van der Waals surface area contributed by atoms with E-state index < -0.39 is 4.92 Å². The first-order valence-electron chi connectivity index (χ1n) is 6.37. The van der Waals surface area contributed by atoms with Crippen molar-refractivity contribution in [1.82, 2.24) is 5.43 Å². The van der Waals surface area contributed by atoms with Crippen molar-refractivity contribution < 1.29 is 14.1 Å². The number of nitrogens with one attached hydrogen (secondary N) is 1. The summed E-state index contributed by atoms with van der Waals surface area (Å²) in [6.07, 6.45) is 5.80. The van der Waals surface area contributed by atoms with E-state index in [-0.39, 0.29) is 11.6 Å². The number of nitrogens with zero attached hydrogens (tertiary/aromatic N) is 2. The Hall–Kier alpha value is -3.22. The van der Waals surface area contributed by atoms with Gasteiger partial charge in [0, 0.05) is 12.3 Å². The second-order valence-electron chi connectivity index (χ2n) is 4.28. The Bertz CT molecular complexity index is 747. The fourth-order valence-corrected chi connectivity index (χ4v) is 1.76. The number of allylic oxidation sites excluding steroid dienone is 1. The number of hydrogen-bond acceptors (Lipinski definition) is 5. The van der Waals surface area contributed by atoms with Crippen molar-refractivity contribution in [3.05, 3.63) is 69.7 Å². The van der Waals surface area contributed by atoms with Gasteiger partial charge in [-0.1, -0.05) is 12.1 Å². The fraction of sp³-hybridized carbons (Fsp3) is 0.0667. The molecule has 0 saturated carbocycles. The van der Waals surface area contributed by atoms with Crippen LogP contribution >= 0.6 is 0 Å². The zero-order valence-electron chi connectivity index (χ0n) is 11.7. The van der Waals surface area contributed by atoms with Gasteiger partial charge in [0.2, 0.25) is 0 Å². The molecule has 0 saturated heterocycles. The molecule has 22 heavy (non-hydrogen) atoms. The van der Waals surface area contributed by atoms with E-state index in [0.717, 1.165) is 0 Å². The van der Waals surface area contributed by atoms with Crippen molar-refractivity contribution >= 4 is 23.9 Å². The van der Waals surface area contributed by atoms with E-state index in [1.807, 2.05) is 0 Å². The lowest BCUT2D eigenvalue weighted by Crippen LogP contribution is -2.17. The molecule has 0 atom stereocenters. The molecule has 2 rings (SSSR count). The number of benzene rings is 1. The Labute approximate surface area is 126 Å². The number of para-hydroxylation sites is 1. The molecule has 1 N–H and O–H groups in total. The maximum absolute atomic E-state index is 11.7. The quantitative estimate of drug-likeness (QED) is 0.521. The standard InChI is InChI=1S/C15H13N3O4/c1-11-13(8-10-22-11)15(19)17-16-9-4-6-12-5-2-3-7-14(12)18(20)21/h2-10H,1H3,(H,17,19)/b6-4+,16-9-. The molecule has 0 aliphatic rings. The van der Waals surface area contributed by atoms with Gasteiger partial charge in [0.05, 0.1) is 22.3 Å². The summed E-state index contributed by atoms with van der Waals surface area (Å²) in [5.74, 6) is 0.116. The van der Waals surface area contributed by atoms with Crippen LogP contribution in [0.25, 0.3) is 6.08 Å². The number of nitro groups is 1. The van der Waals surface area contributed by atoms with Gasteiger partial charge >= 0.3 is 0 Å².